The van der Waals surface area contributed by atoms with E-state index >= 15 is 0 Å². The van der Waals surface area contributed by atoms with Crippen LogP contribution in [0.1, 0.15) is 6.23 Å². The number of phosphoric acid groups is 1. The van der Waals surface area contributed by atoms with Gasteiger partial charge in [0.15, 0.2) is 17.4 Å². The number of aromatic amines is 1. The van der Waals surface area contributed by atoms with Crippen LogP contribution in [0.15, 0.2) is 11.1 Å². The highest BCUT2D eigenvalue weighted by Gasteiger charge is 2.45. The first-order valence-corrected chi connectivity index (χ1v) is 8.15. The van der Waals surface area contributed by atoms with Gasteiger partial charge in [0.1, 0.15) is 18.3 Å². The van der Waals surface area contributed by atoms with E-state index in [-0.39, 0.29) is 17.1 Å². The number of nitrogen functional groups attached to an aromatic ring is 1. The van der Waals surface area contributed by atoms with Crippen molar-refractivity contribution in [1.29, 1.82) is 0 Å². The molecule has 2 aromatic heterocycles. The Morgan fingerprint density at radius 1 is 1.42 bits per heavy atom. The Kier molecular flexibility index (Phi) is 4.17. The maximum Gasteiger partial charge on any atom is 0.469 e. The normalized spacial score (nSPS) is 27.8. The van der Waals surface area contributed by atoms with E-state index in [1.54, 1.807) is 0 Å². The Hall–Kier alpha value is -1.86. The van der Waals surface area contributed by atoms with Crippen LogP contribution in [0.4, 0.5) is 5.95 Å². The lowest BCUT2D eigenvalue weighted by Gasteiger charge is -2.17. The first-order valence-electron chi connectivity index (χ1n) is 6.62. The molecule has 0 unspecified atom stereocenters. The van der Waals surface area contributed by atoms with Gasteiger partial charge in [-0.3, -0.25) is 13.9 Å². The van der Waals surface area contributed by atoms with Crippen LogP contribution >= 0.6 is 7.82 Å². The molecular weight excluding hydrogens is 349 g/mol. The number of phosphoric ester groups is 1. The number of hydrogen-bond acceptors (Lipinski definition) is 9. The number of nitrogens with one attached hydrogen (secondary N) is 1. The van der Waals surface area contributed by atoms with Crippen molar-refractivity contribution in [3.05, 3.63) is 16.7 Å². The SMILES string of the molecule is Nc1nc2c(=O)[nH]cnc2n1[C@@H]1O[C@H](COP(=O)(O)O)[C@@H](O)[C@H]1O. The maximum absolute atomic E-state index is 11.7. The lowest BCUT2D eigenvalue weighted by molar-refractivity contribution is -0.0493. The molecule has 3 heterocycles. The molecule has 0 radical (unpaired) electrons. The lowest BCUT2D eigenvalue weighted by Crippen LogP contribution is -2.33. The first kappa shape index (κ1) is 17.0. The Morgan fingerprint density at radius 2 is 2.12 bits per heavy atom. The number of nitrogens with two attached hydrogens (primary N) is 1. The largest absolute Gasteiger partial charge is 0.469 e. The van der Waals surface area contributed by atoms with Crippen molar-refractivity contribution in [1.82, 2.24) is 19.5 Å². The van der Waals surface area contributed by atoms with Crippen LogP contribution in [-0.4, -0.2) is 64.4 Å². The van der Waals surface area contributed by atoms with Crippen LogP contribution in [-0.2, 0) is 13.8 Å². The third-order valence-electron chi connectivity index (χ3n) is 3.51. The summed E-state index contributed by atoms with van der Waals surface area (Å²) >= 11 is 0. The molecule has 0 saturated carbocycles. The highest BCUT2D eigenvalue weighted by Crippen LogP contribution is 2.39. The second-order valence-electron chi connectivity index (χ2n) is 5.08. The molecule has 4 atom stereocenters. The fourth-order valence-electron chi connectivity index (χ4n) is 2.44. The van der Waals surface area contributed by atoms with Crippen molar-refractivity contribution >= 4 is 24.9 Å². The van der Waals surface area contributed by atoms with E-state index in [1.165, 1.54) is 0 Å². The molecule has 0 bridgehead atoms. The molecule has 13 nitrogen and oxygen atoms in total. The average Bonchev–Trinajstić information content (AvgIpc) is 2.96. The van der Waals surface area contributed by atoms with E-state index in [2.05, 4.69) is 19.5 Å². The fraction of sp³-hybridized carbons (Fsp3) is 0.500. The average molecular weight is 363 g/mol. The first-order chi connectivity index (χ1) is 11.2. The smallest absolute Gasteiger partial charge is 0.387 e. The highest BCUT2D eigenvalue weighted by atomic mass is 31.2. The number of aromatic nitrogens is 4. The maximum atomic E-state index is 11.7. The summed E-state index contributed by atoms with van der Waals surface area (Å²) in [6.07, 6.45) is -4.44. The van der Waals surface area contributed by atoms with Crippen LogP contribution in [0.2, 0.25) is 0 Å². The van der Waals surface area contributed by atoms with Gasteiger partial charge in [-0.25, -0.2) is 14.5 Å². The summed E-state index contributed by atoms with van der Waals surface area (Å²) in [7, 11) is -4.77. The monoisotopic (exact) mass is 363 g/mol. The highest BCUT2D eigenvalue weighted by molar-refractivity contribution is 7.46. The zero-order valence-electron chi connectivity index (χ0n) is 11.9. The molecule has 1 aliphatic rings. The predicted molar refractivity (Wildman–Crippen MR) is 76.5 cm³/mol. The Balaban J connectivity index is 1.93. The molecule has 0 aliphatic carbocycles. The fourth-order valence-corrected chi connectivity index (χ4v) is 2.78. The summed E-state index contributed by atoms with van der Waals surface area (Å²) in [5.74, 6) is -0.193. The number of aliphatic hydroxyl groups excluding tert-OH is 2. The van der Waals surface area contributed by atoms with E-state index in [0.29, 0.717) is 0 Å². The van der Waals surface area contributed by atoms with Gasteiger partial charge in [-0.1, -0.05) is 0 Å². The molecule has 1 aliphatic heterocycles. The van der Waals surface area contributed by atoms with E-state index in [0.717, 1.165) is 10.9 Å². The summed E-state index contributed by atoms with van der Waals surface area (Å²) < 4.78 is 21.5. The molecule has 1 saturated heterocycles. The molecule has 14 heteroatoms. The second-order valence-corrected chi connectivity index (χ2v) is 6.32. The third-order valence-corrected chi connectivity index (χ3v) is 3.99. The van der Waals surface area contributed by atoms with Gasteiger partial charge in [0.25, 0.3) is 5.56 Å². The molecule has 24 heavy (non-hydrogen) atoms. The van der Waals surface area contributed by atoms with Crippen LogP contribution in [0.3, 0.4) is 0 Å². The number of rotatable bonds is 4. The quantitative estimate of drug-likeness (QED) is 0.311. The number of nitrogens with zero attached hydrogens (tertiary/aromatic N) is 3. The van der Waals surface area contributed by atoms with Crippen LogP contribution < -0.4 is 11.3 Å². The molecule has 3 rings (SSSR count). The minimum Gasteiger partial charge on any atom is -0.387 e. The lowest BCUT2D eigenvalue weighted by atomic mass is 10.1. The van der Waals surface area contributed by atoms with Gasteiger partial charge < -0.3 is 35.5 Å². The number of aliphatic hydroxyl groups is 2. The second kappa shape index (κ2) is 5.89. The molecule has 132 valence electrons. The number of fused-ring (bicyclic) bond motifs is 1. The van der Waals surface area contributed by atoms with E-state index in [4.69, 9.17) is 20.3 Å². The van der Waals surface area contributed by atoms with Gasteiger partial charge in [0, 0.05) is 0 Å². The number of H-pyrrole nitrogens is 1. The third kappa shape index (κ3) is 2.93. The number of imidazole rings is 1. The summed E-state index contributed by atoms with van der Waals surface area (Å²) in [5.41, 5.74) is 5.10. The van der Waals surface area contributed by atoms with E-state index < -0.39 is 44.5 Å². The summed E-state index contributed by atoms with van der Waals surface area (Å²) in [6.45, 7) is -0.667. The number of hydrogen-bond donors (Lipinski definition) is 6. The minimum atomic E-state index is -4.77. The molecule has 0 aromatic carbocycles. The summed E-state index contributed by atoms with van der Waals surface area (Å²) in [6, 6.07) is 0. The van der Waals surface area contributed by atoms with Crippen LogP contribution in [0.25, 0.3) is 11.2 Å². The summed E-state index contributed by atoms with van der Waals surface area (Å²) in [4.78, 5) is 39.2. The van der Waals surface area contributed by atoms with Crippen molar-refractivity contribution in [2.45, 2.75) is 24.5 Å². The Morgan fingerprint density at radius 3 is 2.79 bits per heavy atom. The Bertz CT molecular complexity index is 861. The van der Waals surface area contributed by atoms with Crippen molar-refractivity contribution in [3.8, 4) is 0 Å². The van der Waals surface area contributed by atoms with Gasteiger partial charge in [-0.05, 0) is 0 Å². The van der Waals surface area contributed by atoms with Gasteiger partial charge in [0.2, 0.25) is 5.95 Å². The Labute approximate surface area is 132 Å². The molecule has 0 spiro atoms. The van der Waals surface area contributed by atoms with Crippen molar-refractivity contribution < 1.29 is 33.8 Å². The number of ether oxygens (including phenoxy) is 1. The van der Waals surface area contributed by atoms with Gasteiger partial charge in [0.05, 0.1) is 12.9 Å². The molecule has 0 amide bonds. The van der Waals surface area contributed by atoms with Gasteiger partial charge >= 0.3 is 7.82 Å². The molecule has 7 N–H and O–H groups in total. The predicted octanol–water partition coefficient (Wildman–Crippen LogP) is -2.57. The standard InChI is InChI=1S/C10H14N5O8P/c11-10-14-4-7(12-2-13-8(4)18)15(10)9-6(17)5(16)3(23-9)1-22-24(19,20)21/h2-3,5-6,9,16-17H,1H2,(H2,11,14)(H,12,13,18)(H2,19,20,21)/t3-,5-,6-,9-/m1/s1. The number of anilines is 1. The zero-order valence-corrected chi connectivity index (χ0v) is 12.8. The van der Waals surface area contributed by atoms with Gasteiger partial charge in [-0.15, -0.1) is 0 Å². The van der Waals surface area contributed by atoms with Crippen molar-refractivity contribution in [3.63, 3.8) is 0 Å². The molecule has 2 aromatic rings. The van der Waals surface area contributed by atoms with Crippen LogP contribution in [0.5, 0.6) is 0 Å². The molecule has 1 fully saturated rings. The summed E-state index contributed by atoms with van der Waals surface area (Å²) in [5, 5.41) is 20.1. The van der Waals surface area contributed by atoms with E-state index in [9.17, 15) is 19.6 Å². The van der Waals surface area contributed by atoms with Gasteiger partial charge in [-0.2, -0.15) is 0 Å². The topological polar surface area (TPSA) is 206 Å². The van der Waals surface area contributed by atoms with Crippen molar-refractivity contribution in [2.24, 2.45) is 0 Å². The zero-order chi connectivity index (χ0) is 17.6. The van der Waals surface area contributed by atoms with Crippen molar-refractivity contribution in [2.75, 3.05) is 12.3 Å². The molecular formula is C10H14N5O8P. The van der Waals surface area contributed by atoms with Crippen LogP contribution in [0, 0.1) is 0 Å². The van der Waals surface area contributed by atoms with E-state index in [1.807, 2.05) is 0 Å². The minimum absolute atomic E-state index is 0.0176.